The van der Waals surface area contributed by atoms with Crippen molar-refractivity contribution in [3.63, 3.8) is 0 Å². The van der Waals surface area contributed by atoms with Gasteiger partial charge in [-0.3, -0.25) is 0 Å². The molecule has 1 aliphatic rings. The summed E-state index contributed by atoms with van der Waals surface area (Å²) in [6, 6.07) is 2.34. The molecule has 0 aliphatic carbocycles. The van der Waals surface area contributed by atoms with E-state index >= 15 is 0 Å². The van der Waals surface area contributed by atoms with Crippen LogP contribution in [-0.4, -0.2) is 24.5 Å². The molecule has 0 bridgehead atoms. The Morgan fingerprint density at radius 2 is 1.92 bits per heavy atom. The van der Waals surface area contributed by atoms with Crippen LogP contribution in [0.3, 0.4) is 0 Å². The first-order valence-corrected chi connectivity index (χ1v) is 4.78. The van der Waals surface area contributed by atoms with Crippen LogP contribution < -0.4 is 0 Å². The predicted molar refractivity (Wildman–Crippen MR) is 49.7 cm³/mol. The fourth-order valence-electron chi connectivity index (χ4n) is 1.50. The Kier molecular flexibility index (Phi) is 3.11. The highest BCUT2D eigenvalue weighted by molar-refractivity contribution is 4.92. The monoisotopic (exact) mass is 166 g/mol. The summed E-state index contributed by atoms with van der Waals surface area (Å²) in [6.45, 7) is 7.61. The summed E-state index contributed by atoms with van der Waals surface area (Å²) in [5.74, 6) is 0. The highest BCUT2D eigenvalue weighted by Crippen LogP contribution is 2.20. The van der Waals surface area contributed by atoms with E-state index in [4.69, 9.17) is 5.26 Å². The number of rotatable bonds is 3. The number of nitriles is 1. The average Bonchev–Trinajstić information content (AvgIpc) is 2.53. The molecular formula is C10H18N2. The van der Waals surface area contributed by atoms with Gasteiger partial charge in [0.05, 0.1) is 11.5 Å². The smallest absolute Gasteiger partial charge is 0.0684 e. The van der Waals surface area contributed by atoms with Crippen molar-refractivity contribution in [2.75, 3.05) is 19.6 Å². The molecule has 0 aromatic carbocycles. The van der Waals surface area contributed by atoms with Crippen molar-refractivity contribution < 1.29 is 0 Å². The molecule has 0 aromatic heterocycles. The minimum Gasteiger partial charge on any atom is -0.303 e. The van der Waals surface area contributed by atoms with E-state index in [1.807, 2.05) is 13.8 Å². The molecule has 1 aliphatic heterocycles. The van der Waals surface area contributed by atoms with Crippen molar-refractivity contribution in [2.24, 2.45) is 5.41 Å². The standard InChI is InChI=1S/C10H18N2/c1-10(2,9-11)5-8-12-6-3-4-7-12/h3-8H2,1-2H3. The summed E-state index contributed by atoms with van der Waals surface area (Å²) >= 11 is 0. The molecule has 0 aromatic rings. The van der Waals surface area contributed by atoms with Gasteiger partial charge in [-0.15, -0.1) is 0 Å². The molecule has 0 radical (unpaired) electrons. The zero-order valence-corrected chi connectivity index (χ0v) is 8.14. The van der Waals surface area contributed by atoms with Gasteiger partial charge in [0, 0.05) is 0 Å². The molecule has 2 heteroatoms. The largest absolute Gasteiger partial charge is 0.303 e. The summed E-state index contributed by atoms with van der Waals surface area (Å²) in [5.41, 5.74) is -0.136. The van der Waals surface area contributed by atoms with Crippen molar-refractivity contribution >= 4 is 0 Å². The van der Waals surface area contributed by atoms with E-state index in [2.05, 4.69) is 11.0 Å². The Morgan fingerprint density at radius 1 is 1.33 bits per heavy atom. The first kappa shape index (κ1) is 9.54. The lowest BCUT2D eigenvalue weighted by Crippen LogP contribution is -2.24. The second-order valence-electron chi connectivity index (χ2n) is 4.29. The van der Waals surface area contributed by atoms with Gasteiger partial charge in [-0.1, -0.05) is 0 Å². The van der Waals surface area contributed by atoms with Crippen LogP contribution in [0.2, 0.25) is 0 Å². The van der Waals surface area contributed by atoms with Gasteiger partial charge < -0.3 is 4.90 Å². The zero-order chi connectivity index (χ0) is 9.03. The predicted octanol–water partition coefficient (Wildman–Crippen LogP) is 2.02. The SMILES string of the molecule is CC(C)(C#N)CCN1CCCC1. The van der Waals surface area contributed by atoms with E-state index in [9.17, 15) is 0 Å². The first-order chi connectivity index (χ1) is 5.64. The molecule has 68 valence electrons. The Balaban J connectivity index is 2.21. The number of likely N-dealkylation sites (tertiary alicyclic amines) is 1. The van der Waals surface area contributed by atoms with E-state index in [-0.39, 0.29) is 5.41 Å². The third-order valence-corrected chi connectivity index (χ3v) is 2.55. The highest BCUT2D eigenvalue weighted by atomic mass is 15.1. The Morgan fingerprint density at radius 3 is 2.42 bits per heavy atom. The quantitative estimate of drug-likeness (QED) is 0.641. The number of nitrogens with zero attached hydrogens (tertiary/aromatic N) is 2. The van der Waals surface area contributed by atoms with Gasteiger partial charge in [0.15, 0.2) is 0 Å². The molecule has 0 N–H and O–H groups in total. The Bertz CT molecular complexity index is 173. The molecule has 0 unspecified atom stereocenters. The molecule has 0 spiro atoms. The third-order valence-electron chi connectivity index (χ3n) is 2.55. The fraction of sp³-hybridized carbons (Fsp3) is 0.900. The summed E-state index contributed by atoms with van der Waals surface area (Å²) in [7, 11) is 0. The van der Waals surface area contributed by atoms with E-state index < -0.39 is 0 Å². The summed E-state index contributed by atoms with van der Waals surface area (Å²) in [6.07, 6.45) is 3.68. The second kappa shape index (κ2) is 3.91. The maximum Gasteiger partial charge on any atom is 0.0684 e. The van der Waals surface area contributed by atoms with Gasteiger partial charge in [-0.2, -0.15) is 5.26 Å². The van der Waals surface area contributed by atoms with Crippen LogP contribution in [0.1, 0.15) is 33.1 Å². The molecule has 0 atom stereocenters. The van der Waals surface area contributed by atoms with Gasteiger partial charge in [-0.25, -0.2) is 0 Å². The maximum absolute atomic E-state index is 8.80. The van der Waals surface area contributed by atoms with Gasteiger partial charge in [0.2, 0.25) is 0 Å². The van der Waals surface area contributed by atoms with Crippen molar-refractivity contribution in [2.45, 2.75) is 33.1 Å². The van der Waals surface area contributed by atoms with Gasteiger partial charge in [0.25, 0.3) is 0 Å². The molecular weight excluding hydrogens is 148 g/mol. The summed E-state index contributed by atoms with van der Waals surface area (Å²) < 4.78 is 0. The third kappa shape index (κ3) is 2.83. The van der Waals surface area contributed by atoms with Crippen LogP contribution in [0, 0.1) is 16.7 Å². The minimum atomic E-state index is -0.136. The van der Waals surface area contributed by atoms with Gasteiger partial charge in [0.1, 0.15) is 0 Å². The van der Waals surface area contributed by atoms with Crippen LogP contribution in [-0.2, 0) is 0 Å². The summed E-state index contributed by atoms with van der Waals surface area (Å²) in [4.78, 5) is 2.46. The molecule has 1 heterocycles. The molecule has 0 saturated carbocycles. The second-order valence-corrected chi connectivity index (χ2v) is 4.29. The molecule has 12 heavy (non-hydrogen) atoms. The number of hydrogen-bond donors (Lipinski definition) is 0. The van der Waals surface area contributed by atoms with Gasteiger partial charge in [-0.05, 0) is 52.7 Å². The Hall–Kier alpha value is -0.550. The van der Waals surface area contributed by atoms with E-state index in [1.165, 1.54) is 25.9 Å². The molecule has 1 saturated heterocycles. The number of hydrogen-bond acceptors (Lipinski definition) is 2. The van der Waals surface area contributed by atoms with E-state index in [1.54, 1.807) is 0 Å². The van der Waals surface area contributed by atoms with Crippen molar-refractivity contribution in [3.8, 4) is 6.07 Å². The van der Waals surface area contributed by atoms with Crippen LogP contribution in [0.4, 0.5) is 0 Å². The Labute approximate surface area is 75.2 Å². The maximum atomic E-state index is 8.80. The van der Waals surface area contributed by atoms with E-state index in [0.29, 0.717) is 0 Å². The van der Waals surface area contributed by atoms with Crippen molar-refractivity contribution in [3.05, 3.63) is 0 Å². The van der Waals surface area contributed by atoms with Crippen molar-refractivity contribution in [1.29, 1.82) is 5.26 Å². The molecule has 1 rings (SSSR count). The average molecular weight is 166 g/mol. The lowest BCUT2D eigenvalue weighted by Gasteiger charge is -2.20. The first-order valence-electron chi connectivity index (χ1n) is 4.78. The van der Waals surface area contributed by atoms with Crippen LogP contribution >= 0.6 is 0 Å². The highest BCUT2D eigenvalue weighted by Gasteiger charge is 2.19. The lowest BCUT2D eigenvalue weighted by atomic mass is 9.91. The van der Waals surface area contributed by atoms with Crippen molar-refractivity contribution in [1.82, 2.24) is 4.90 Å². The minimum absolute atomic E-state index is 0.136. The lowest BCUT2D eigenvalue weighted by molar-refractivity contribution is 0.288. The summed E-state index contributed by atoms with van der Waals surface area (Å²) in [5, 5.41) is 8.80. The molecule has 1 fully saturated rings. The van der Waals surface area contributed by atoms with E-state index in [0.717, 1.165) is 13.0 Å². The fourth-order valence-corrected chi connectivity index (χ4v) is 1.50. The topological polar surface area (TPSA) is 27.0 Å². The van der Waals surface area contributed by atoms with Crippen LogP contribution in [0.5, 0.6) is 0 Å². The molecule has 2 nitrogen and oxygen atoms in total. The van der Waals surface area contributed by atoms with Crippen LogP contribution in [0.15, 0.2) is 0 Å². The normalized spacial score (nSPS) is 19.4. The van der Waals surface area contributed by atoms with Crippen LogP contribution in [0.25, 0.3) is 0 Å². The molecule has 0 amide bonds. The van der Waals surface area contributed by atoms with Gasteiger partial charge >= 0.3 is 0 Å². The zero-order valence-electron chi connectivity index (χ0n) is 8.14.